The molecule has 0 amide bonds. The highest BCUT2D eigenvalue weighted by atomic mass is 16.3. The molecule has 3 fully saturated rings. The zero-order chi connectivity index (χ0) is 26.5. The molecule has 3 aliphatic carbocycles. The van der Waals surface area contributed by atoms with Gasteiger partial charge in [-0.3, -0.25) is 14.4 Å². The van der Waals surface area contributed by atoms with Crippen LogP contribution >= 0.6 is 0 Å². The van der Waals surface area contributed by atoms with E-state index < -0.39 is 57.6 Å². The van der Waals surface area contributed by atoms with Crippen LogP contribution in [0.15, 0.2) is 53.9 Å². The molecule has 7 heteroatoms. The van der Waals surface area contributed by atoms with Crippen molar-refractivity contribution in [2.45, 2.75) is 47.1 Å². The largest absolute Gasteiger partial charge is 0.508 e. The lowest BCUT2D eigenvalue weighted by atomic mass is 9.43. The minimum absolute atomic E-state index is 0.0903. The van der Waals surface area contributed by atoms with Gasteiger partial charge >= 0.3 is 0 Å². The number of carbonyl (C=O) groups is 3. The number of Topliss-reactive ketones (excluding diaryl/α,β-unsaturated/α-hetero) is 3. The molecule has 35 heavy (non-hydrogen) atoms. The number of benzene rings is 1. The number of allylic oxidation sites excluding steroid dienone is 6. The molecule has 1 aromatic rings. The summed E-state index contributed by atoms with van der Waals surface area (Å²) in [6.07, 6.45) is 9.39. The van der Waals surface area contributed by atoms with Gasteiger partial charge in [-0.25, -0.2) is 0 Å². The number of hydrogen-bond acceptors (Lipinski definition) is 7. The van der Waals surface area contributed by atoms with Gasteiger partial charge in [-0.05, 0) is 59.2 Å². The Hall–Kier alpha value is -3.45. The maximum Gasteiger partial charge on any atom is 0.178 e. The highest BCUT2D eigenvalue weighted by molar-refractivity contribution is 6.23. The van der Waals surface area contributed by atoms with Gasteiger partial charge in [0.15, 0.2) is 17.3 Å². The average Bonchev–Trinajstić information content (AvgIpc) is 2.80. The summed E-state index contributed by atoms with van der Waals surface area (Å²) in [6.45, 7) is 9.18. The van der Waals surface area contributed by atoms with E-state index in [4.69, 9.17) is 0 Å². The van der Waals surface area contributed by atoms with E-state index in [-0.39, 0.29) is 22.4 Å². The molecular weight excluding hydrogens is 448 g/mol. The first-order chi connectivity index (χ1) is 16.3. The lowest BCUT2D eigenvalue weighted by molar-refractivity contribution is -0.176. The van der Waals surface area contributed by atoms with Crippen LogP contribution in [0.1, 0.15) is 49.2 Å². The van der Waals surface area contributed by atoms with E-state index in [1.807, 2.05) is 0 Å². The third kappa shape index (κ3) is 3.65. The topological polar surface area (TPSA) is 132 Å². The molecule has 3 aliphatic rings. The molecule has 0 saturated heterocycles. The van der Waals surface area contributed by atoms with Crippen LogP contribution in [0.3, 0.4) is 0 Å². The number of aliphatic hydroxyl groups excluding tert-OH is 1. The van der Waals surface area contributed by atoms with Crippen molar-refractivity contribution in [1.82, 2.24) is 0 Å². The van der Waals surface area contributed by atoms with Gasteiger partial charge in [-0.15, -0.1) is 0 Å². The summed E-state index contributed by atoms with van der Waals surface area (Å²) in [4.78, 5) is 41.1. The third-order valence-electron chi connectivity index (χ3n) is 7.48. The predicted octanol–water partition coefficient (Wildman–Crippen LogP) is 4.19. The summed E-state index contributed by atoms with van der Waals surface area (Å²) in [5.74, 6) is -6.39. The quantitative estimate of drug-likeness (QED) is 0.124. The van der Waals surface area contributed by atoms with E-state index in [0.29, 0.717) is 5.56 Å². The first-order valence-corrected chi connectivity index (χ1v) is 11.5. The maximum absolute atomic E-state index is 14.0. The molecule has 1 unspecified atom stereocenters. The first-order valence-electron chi connectivity index (χ1n) is 11.5. The molecule has 186 valence electrons. The summed E-state index contributed by atoms with van der Waals surface area (Å²) in [5.41, 5.74) is -3.74. The van der Waals surface area contributed by atoms with E-state index in [9.17, 15) is 34.8 Å². The van der Waals surface area contributed by atoms with E-state index in [0.717, 1.165) is 0 Å². The van der Waals surface area contributed by atoms with Crippen LogP contribution in [0.5, 0.6) is 11.5 Å². The van der Waals surface area contributed by atoms with Crippen LogP contribution in [0.25, 0.3) is 0 Å². The van der Waals surface area contributed by atoms with E-state index >= 15 is 0 Å². The lowest BCUT2D eigenvalue weighted by Gasteiger charge is -2.57. The van der Waals surface area contributed by atoms with Crippen molar-refractivity contribution in [3.63, 3.8) is 0 Å². The Kier molecular flexibility index (Phi) is 6.70. The molecule has 0 heterocycles. The fourth-order valence-electron chi connectivity index (χ4n) is 5.66. The minimum Gasteiger partial charge on any atom is -0.508 e. The Morgan fingerprint density at radius 3 is 2.23 bits per heavy atom. The molecule has 5 atom stereocenters. The van der Waals surface area contributed by atoms with Crippen LogP contribution in [-0.4, -0.2) is 43.4 Å². The highest BCUT2D eigenvalue weighted by Gasteiger charge is 2.72. The summed E-state index contributed by atoms with van der Waals surface area (Å²) in [7, 11) is 0. The number of aliphatic hydroxyl groups is 2. The number of aryl methyl sites for hydroxylation is 1. The van der Waals surface area contributed by atoms with Gasteiger partial charge < -0.3 is 20.4 Å². The average molecular weight is 481 g/mol. The number of hydrogen-bond donors (Lipinski definition) is 4. The van der Waals surface area contributed by atoms with Gasteiger partial charge in [-0.1, -0.05) is 30.4 Å². The van der Waals surface area contributed by atoms with Gasteiger partial charge in [0.2, 0.25) is 0 Å². The number of phenols is 2. The molecule has 2 bridgehead atoms. The Labute approximate surface area is 204 Å². The predicted molar refractivity (Wildman–Crippen MR) is 131 cm³/mol. The van der Waals surface area contributed by atoms with Crippen LogP contribution in [0, 0.1) is 37.0 Å². The number of phenolic OH excluding ortho intramolecular Hbond substituents is 2. The number of fused-ring (bicyclic) bond motifs is 3. The van der Waals surface area contributed by atoms with E-state index in [1.165, 1.54) is 39.0 Å². The Morgan fingerprint density at radius 1 is 1.03 bits per heavy atom. The molecule has 0 aliphatic heterocycles. The number of carbonyl (C=O) groups excluding carboxylic acids is 3. The second-order valence-corrected chi connectivity index (χ2v) is 9.67. The van der Waals surface area contributed by atoms with Crippen molar-refractivity contribution in [3.8, 4) is 11.5 Å². The molecule has 1 aromatic carbocycles. The smallest absolute Gasteiger partial charge is 0.178 e. The molecule has 3 saturated carbocycles. The van der Waals surface area contributed by atoms with Crippen molar-refractivity contribution in [2.24, 2.45) is 23.2 Å². The lowest BCUT2D eigenvalue weighted by Crippen LogP contribution is -2.71. The Balaban J connectivity index is 2.37. The van der Waals surface area contributed by atoms with Crippen LogP contribution in [0.2, 0.25) is 0 Å². The normalized spacial score (nSPS) is 32.4. The fraction of sp³-hybridized carbons (Fsp3) is 0.393. The van der Waals surface area contributed by atoms with Crippen molar-refractivity contribution in [2.75, 3.05) is 0 Å². The molecular formula is C28H32O7. The monoisotopic (exact) mass is 480 g/mol. The summed E-state index contributed by atoms with van der Waals surface area (Å²) in [6, 6.07) is 1.35. The molecule has 0 radical (unpaired) electrons. The van der Waals surface area contributed by atoms with Crippen LogP contribution in [-0.2, 0) is 9.59 Å². The van der Waals surface area contributed by atoms with Gasteiger partial charge in [0.25, 0.3) is 0 Å². The number of aromatic hydroxyl groups is 2. The van der Waals surface area contributed by atoms with E-state index in [1.54, 1.807) is 45.1 Å². The van der Waals surface area contributed by atoms with Crippen LogP contribution in [0.4, 0.5) is 0 Å². The number of ketones is 3. The molecule has 7 nitrogen and oxygen atoms in total. The molecule has 0 spiro atoms. The SMILES string of the molecule is C/C=C/C=C/C(O)=C1C(=O)[C@]2(C)C(=O)C(C)(O)[C@H]1[C@H](C(=O)c1cc(C)c(O)c(C)c1O)[C@H]2/C=C/C. The Bertz CT molecular complexity index is 1230. The standard InChI is InChI=1S/C28H32O7/c1-7-9-10-12-18(29)20-21-19(24(32)16-13-14(3)22(30)15(4)23(16)31)17(11-8-2)27(5,25(20)33)26(34)28(21,6)35/h7-13,17,19,21,29-31,35H,1-6H3/b9-7+,11-8+,12-10+,20-18?/t17-,19-,21+,27-,28?/m1/s1. The third-order valence-corrected chi connectivity index (χ3v) is 7.48. The number of rotatable bonds is 5. The maximum atomic E-state index is 14.0. The summed E-state index contributed by atoms with van der Waals surface area (Å²) in [5, 5.41) is 43.2. The van der Waals surface area contributed by atoms with Crippen molar-refractivity contribution in [3.05, 3.63) is 70.5 Å². The van der Waals surface area contributed by atoms with Gasteiger partial charge in [-0.2, -0.15) is 0 Å². The summed E-state index contributed by atoms with van der Waals surface area (Å²) >= 11 is 0. The van der Waals surface area contributed by atoms with Gasteiger partial charge in [0, 0.05) is 28.9 Å². The zero-order valence-electron chi connectivity index (χ0n) is 20.8. The zero-order valence-corrected chi connectivity index (χ0v) is 20.8. The van der Waals surface area contributed by atoms with E-state index in [2.05, 4.69) is 0 Å². The fourth-order valence-corrected chi connectivity index (χ4v) is 5.66. The van der Waals surface area contributed by atoms with Crippen molar-refractivity contribution in [1.29, 1.82) is 0 Å². The minimum atomic E-state index is -2.13. The van der Waals surface area contributed by atoms with Gasteiger partial charge in [0.05, 0.1) is 11.0 Å². The second kappa shape index (κ2) is 8.96. The van der Waals surface area contributed by atoms with Crippen LogP contribution < -0.4 is 0 Å². The van der Waals surface area contributed by atoms with Crippen molar-refractivity contribution >= 4 is 17.3 Å². The molecule has 0 aromatic heterocycles. The Morgan fingerprint density at radius 2 is 1.66 bits per heavy atom. The highest BCUT2D eigenvalue weighted by Crippen LogP contribution is 2.60. The van der Waals surface area contributed by atoms with Crippen molar-refractivity contribution < 1.29 is 34.8 Å². The second-order valence-electron chi connectivity index (χ2n) is 9.67. The molecule has 4 N–H and O–H groups in total. The molecule has 4 rings (SSSR count). The van der Waals surface area contributed by atoms with Gasteiger partial charge in [0.1, 0.15) is 22.9 Å². The summed E-state index contributed by atoms with van der Waals surface area (Å²) < 4.78 is 0. The first kappa shape index (κ1) is 26.2.